The number of quaternary nitrogens is 1. The molecular weight excluding hydrogens is 994 g/mol. The van der Waals surface area contributed by atoms with Crippen LogP contribution in [0.2, 0.25) is 0 Å². The van der Waals surface area contributed by atoms with Gasteiger partial charge in [-0.2, -0.15) is 0 Å². The third kappa shape index (κ3) is 21.8. The Kier molecular flexibility index (Phi) is 32.8. The highest BCUT2D eigenvalue weighted by atomic mass is 79.9. The Morgan fingerprint density at radius 3 is 1.28 bits per heavy atom. The highest BCUT2D eigenvalue weighted by Gasteiger charge is 2.22. The zero-order valence-electron chi connectivity index (χ0n) is 34.4. The maximum absolute atomic E-state index is 10.4. The van der Waals surface area contributed by atoms with E-state index in [4.69, 9.17) is 18.9 Å². The second-order valence-electron chi connectivity index (χ2n) is 12.5. The number of halogens is 3. The lowest BCUT2D eigenvalue weighted by molar-refractivity contribution is -0.936. The van der Waals surface area contributed by atoms with Crippen LogP contribution in [-0.4, -0.2) is 77.9 Å². The molecule has 4 heterocycles. The van der Waals surface area contributed by atoms with Crippen molar-refractivity contribution in [2.75, 3.05) is 19.6 Å². The summed E-state index contributed by atoms with van der Waals surface area (Å²) in [6.07, 6.45) is 9.08. The second-order valence-corrected chi connectivity index (χ2v) is 12.5. The lowest BCUT2D eigenvalue weighted by Crippen LogP contribution is -3.00. The number of pyridine rings is 4. The number of aromatic nitrogens is 4. The minimum atomic E-state index is 0. The van der Waals surface area contributed by atoms with Crippen molar-refractivity contribution in [1.29, 1.82) is 0 Å². The monoisotopic (exact) mass is 1040 g/mol. The van der Waals surface area contributed by atoms with Crippen LogP contribution in [0, 0.1) is 6.92 Å². The normalized spacial score (nSPS) is 9.70. The van der Waals surface area contributed by atoms with E-state index in [1.807, 2.05) is 66.5 Å². The summed E-state index contributed by atoms with van der Waals surface area (Å²) in [4.78, 5) is 74.2. The molecule has 0 spiro atoms. The Labute approximate surface area is 387 Å². The molecule has 0 amide bonds. The summed E-state index contributed by atoms with van der Waals surface area (Å²) in [5, 5.41) is 0. The molecule has 0 aromatic carbocycles. The zero-order chi connectivity index (χ0) is 42.4. The van der Waals surface area contributed by atoms with Gasteiger partial charge in [0.25, 0.3) is 38.8 Å². The molecule has 0 aliphatic rings. The van der Waals surface area contributed by atoms with Gasteiger partial charge in [0.15, 0.2) is 18.9 Å². The van der Waals surface area contributed by atoms with Gasteiger partial charge in [-0.1, -0.05) is 6.07 Å². The van der Waals surface area contributed by atoms with Crippen LogP contribution in [0.1, 0.15) is 71.2 Å². The number of hydrogen-bond donors (Lipinski definition) is 0. The molecule has 0 N–H and O–H groups in total. The molecule has 0 saturated heterocycles. The topological polar surface area (TPSA) is 200 Å². The van der Waals surface area contributed by atoms with Gasteiger partial charge in [-0.05, 0) is 51.5 Å². The minimum Gasteiger partial charge on any atom is -1.00 e. The maximum Gasteiger partial charge on any atom is 0.293 e. The summed E-state index contributed by atoms with van der Waals surface area (Å²) < 4.78 is 31.3. The van der Waals surface area contributed by atoms with E-state index in [0.29, 0.717) is 62.5 Å². The van der Waals surface area contributed by atoms with E-state index in [9.17, 15) is 28.8 Å². The largest absolute Gasteiger partial charge is 1.00 e. The van der Waals surface area contributed by atoms with E-state index < -0.39 is 0 Å². The van der Waals surface area contributed by atoms with E-state index in [-0.39, 0.29) is 90.6 Å². The van der Waals surface area contributed by atoms with Gasteiger partial charge in [0.05, 0.1) is 36.7 Å². The SMILES string of the molecule is CC[N+](CC)(CC)Cc1cnc(COC=O)c(COC=O)c1.Cc1cnc(COC=O)c(COC=O)c1.O=COCc1cc(C[n+]2ccccc2)cnc1COC=O.[Br-].[Br-].[Br-]. The van der Waals surface area contributed by atoms with Crippen LogP contribution in [0.25, 0.3) is 0 Å². The Morgan fingerprint density at radius 1 is 0.508 bits per heavy atom. The predicted molar refractivity (Wildman–Crippen MR) is 204 cm³/mol. The fourth-order valence-corrected chi connectivity index (χ4v) is 5.63. The summed E-state index contributed by atoms with van der Waals surface area (Å²) in [6, 6.07) is 11.5. The summed E-state index contributed by atoms with van der Waals surface area (Å²) in [5.41, 5.74) is 7.01. The highest BCUT2D eigenvalue weighted by Crippen LogP contribution is 2.18. The van der Waals surface area contributed by atoms with Crippen molar-refractivity contribution in [1.82, 2.24) is 15.0 Å². The van der Waals surface area contributed by atoms with Crippen LogP contribution in [0.5, 0.6) is 0 Å². The fourth-order valence-electron chi connectivity index (χ4n) is 5.63. The zero-order valence-corrected chi connectivity index (χ0v) is 39.1. The van der Waals surface area contributed by atoms with Crippen LogP contribution in [0.3, 0.4) is 0 Å². The quantitative estimate of drug-likeness (QED) is 0.0263. The van der Waals surface area contributed by atoms with Crippen LogP contribution >= 0.6 is 0 Å². The predicted octanol–water partition coefficient (Wildman–Crippen LogP) is -5.68. The van der Waals surface area contributed by atoms with Crippen LogP contribution in [-0.2, 0) is 110 Å². The van der Waals surface area contributed by atoms with Crippen molar-refractivity contribution in [3.8, 4) is 0 Å². The fraction of sp³-hybridized carbons (Fsp3) is 0.366. The highest BCUT2D eigenvalue weighted by molar-refractivity contribution is 5.40. The lowest BCUT2D eigenvalue weighted by atomic mass is 10.1. The number of rotatable bonds is 25. The van der Waals surface area contributed by atoms with Gasteiger partial charge >= 0.3 is 0 Å². The number of carbonyl (C=O) groups excluding carboxylic acids is 6. The smallest absolute Gasteiger partial charge is 0.293 e. The first-order valence-electron chi connectivity index (χ1n) is 18.2. The molecule has 0 radical (unpaired) electrons. The average molecular weight is 1050 g/mol. The first-order chi connectivity index (χ1) is 28.2. The standard InChI is InChI=1S/C16H25N2O4.C15H15N2O4.C10H11NO4.3BrH/c1-4-18(5-2,6-3)9-14-7-15(10-21-12-19)16(17-8-14)11-22-13-20;18-11-20-9-14-6-13(7-16-15(14)10-21-12-19)8-17-4-2-1-3-5-17;1-8-2-9(4-14-6-12)10(11-3-8)5-15-7-13;;;/h7-8,12-13H,4-6,9-11H2,1-3H3;1-7,11-12H,8-10H2;2-3,6-7H,4-5H2,1H3;3*1H/q2*+1;;;;/p-3. The van der Waals surface area contributed by atoms with Gasteiger partial charge in [0.2, 0.25) is 0 Å². The summed E-state index contributed by atoms with van der Waals surface area (Å²) in [5.74, 6) is 0. The molecule has 61 heavy (non-hydrogen) atoms. The molecular formula is C41H51Br3N5O12-. The first-order valence-corrected chi connectivity index (χ1v) is 18.2. The number of ether oxygens (including phenoxy) is 6. The van der Waals surface area contributed by atoms with Gasteiger partial charge in [-0.15, -0.1) is 0 Å². The van der Waals surface area contributed by atoms with Gasteiger partial charge in [-0.3, -0.25) is 43.7 Å². The summed E-state index contributed by atoms with van der Waals surface area (Å²) >= 11 is 0. The molecule has 0 bridgehead atoms. The molecule has 4 rings (SSSR count). The van der Waals surface area contributed by atoms with Crippen molar-refractivity contribution in [3.05, 3.63) is 118 Å². The third-order valence-electron chi connectivity index (χ3n) is 8.89. The molecule has 0 aliphatic heterocycles. The van der Waals surface area contributed by atoms with E-state index in [2.05, 4.69) is 45.2 Å². The van der Waals surface area contributed by atoms with Crippen molar-refractivity contribution in [2.45, 2.75) is 80.4 Å². The van der Waals surface area contributed by atoms with E-state index in [1.165, 1.54) is 0 Å². The minimum absolute atomic E-state index is 0. The molecule has 0 unspecified atom stereocenters. The van der Waals surface area contributed by atoms with E-state index in [1.54, 1.807) is 12.4 Å². The number of carbonyl (C=O) groups is 6. The maximum atomic E-state index is 10.4. The van der Waals surface area contributed by atoms with Crippen molar-refractivity contribution in [3.63, 3.8) is 0 Å². The molecule has 4 aromatic heterocycles. The molecule has 0 saturated carbocycles. The number of aryl methyl sites for hydroxylation is 1. The summed E-state index contributed by atoms with van der Waals surface area (Å²) in [6.45, 7) is 15.9. The van der Waals surface area contributed by atoms with Crippen LogP contribution < -0.4 is 55.5 Å². The van der Waals surface area contributed by atoms with Gasteiger partial charge in [-0.25, -0.2) is 4.57 Å². The Bertz CT molecular complexity index is 1870. The van der Waals surface area contributed by atoms with Crippen molar-refractivity contribution >= 4 is 38.8 Å². The molecule has 0 aliphatic carbocycles. The van der Waals surface area contributed by atoms with Crippen LogP contribution in [0.15, 0.2) is 67.4 Å². The van der Waals surface area contributed by atoms with Crippen molar-refractivity contribution in [2.24, 2.45) is 0 Å². The Morgan fingerprint density at radius 2 is 0.869 bits per heavy atom. The van der Waals surface area contributed by atoms with Crippen LogP contribution in [0.4, 0.5) is 0 Å². The Hall–Kier alpha value is -5.18. The molecule has 17 nitrogen and oxygen atoms in total. The average Bonchev–Trinajstić information content (AvgIpc) is 3.25. The Balaban J connectivity index is 0. The number of hydrogen-bond acceptors (Lipinski definition) is 15. The molecule has 334 valence electrons. The molecule has 0 atom stereocenters. The lowest BCUT2D eigenvalue weighted by Gasteiger charge is -2.35. The van der Waals surface area contributed by atoms with Gasteiger partial charge < -0.3 is 83.8 Å². The van der Waals surface area contributed by atoms with E-state index >= 15 is 0 Å². The second kappa shape index (κ2) is 34.5. The molecule has 20 heteroatoms. The number of nitrogens with zero attached hydrogens (tertiary/aromatic N) is 5. The molecule has 4 aromatic rings. The van der Waals surface area contributed by atoms with Crippen molar-refractivity contribution < 1.29 is 117 Å². The molecule has 0 fully saturated rings. The van der Waals surface area contributed by atoms with Gasteiger partial charge in [0.1, 0.15) is 46.2 Å². The van der Waals surface area contributed by atoms with Gasteiger partial charge in [0, 0.05) is 58.5 Å². The first kappa shape index (κ1) is 57.9. The summed E-state index contributed by atoms with van der Waals surface area (Å²) in [7, 11) is 0. The van der Waals surface area contributed by atoms with E-state index in [0.717, 1.165) is 64.0 Å². The third-order valence-corrected chi connectivity index (χ3v) is 8.89.